The van der Waals surface area contributed by atoms with E-state index in [0.29, 0.717) is 4.88 Å². The third-order valence-corrected chi connectivity index (χ3v) is 5.30. The zero-order valence-electron chi connectivity index (χ0n) is 9.12. The summed E-state index contributed by atoms with van der Waals surface area (Å²) in [6, 6.07) is 1.70. The minimum Gasteiger partial charge on any atom is -0.409 e. The molecule has 1 rings (SSSR count). The highest BCUT2D eigenvalue weighted by Gasteiger charge is 2.27. The van der Waals surface area contributed by atoms with Gasteiger partial charge in [-0.3, -0.25) is 4.79 Å². The van der Waals surface area contributed by atoms with Gasteiger partial charge in [0.15, 0.2) is 5.84 Å². The van der Waals surface area contributed by atoms with Crippen LogP contribution in [0.4, 0.5) is 0 Å². The Labute approximate surface area is 119 Å². The summed E-state index contributed by atoms with van der Waals surface area (Å²) < 4.78 is 1.65. The Hall–Kier alpha value is -0.600. The Bertz CT molecular complexity index is 451. The van der Waals surface area contributed by atoms with Crippen LogP contribution in [0.15, 0.2) is 19.5 Å². The van der Waals surface area contributed by atoms with Gasteiger partial charge in [0.05, 0.1) is 14.2 Å². The molecule has 8 heteroatoms. The topological polar surface area (TPSA) is 87.7 Å². The van der Waals surface area contributed by atoms with Crippen molar-refractivity contribution in [2.24, 2.45) is 10.9 Å². The van der Waals surface area contributed by atoms with Gasteiger partial charge in [-0.05, 0) is 51.8 Å². The number of rotatable bonds is 3. The van der Waals surface area contributed by atoms with Crippen molar-refractivity contribution in [2.45, 2.75) is 19.4 Å². The van der Waals surface area contributed by atoms with Crippen LogP contribution in [0.5, 0.6) is 0 Å². The van der Waals surface area contributed by atoms with Crippen molar-refractivity contribution in [3.05, 3.63) is 19.2 Å². The molecule has 0 radical (unpaired) electrons. The Morgan fingerprint density at radius 2 is 2.18 bits per heavy atom. The highest BCUT2D eigenvalue weighted by atomic mass is 79.9. The average molecular weight is 385 g/mol. The lowest BCUT2D eigenvalue weighted by Gasteiger charge is -2.23. The Kier molecular flexibility index (Phi) is 4.56. The van der Waals surface area contributed by atoms with Gasteiger partial charge in [0, 0.05) is 4.47 Å². The second kappa shape index (κ2) is 5.36. The van der Waals surface area contributed by atoms with Crippen LogP contribution < -0.4 is 11.1 Å². The van der Waals surface area contributed by atoms with E-state index in [-0.39, 0.29) is 11.7 Å². The predicted octanol–water partition coefficient (Wildman–Crippen LogP) is 2.53. The largest absolute Gasteiger partial charge is 0.409 e. The van der Waals surface area contributed by atoms with E-state index in [4.69, 9.17) is 10.9 Å². The van der Waals surface area contributed by atoms with Crippen LogP contribution in [0.2, 0.25) is 0 Å². The first-order valence-electron chi connectivity index (χ1n) is 4.53. The van der Waals surface area contributed by atoms with Crippen molar-refractivity contribution in [3.63, 3.8) is 0 Å². The van der Waals surface area contributed by atoms with Crippen LogP contribution in [0, 0.1) is 0 Å². The van der Waals surface area contributed by atoms with Crippen molar-refractivity contribution >= 4 is 54.9 Å². The number of carbonyl (C=O) groups is 1. The van der Waals surface area contributed by atoms with Crippen molar-refractivity contribution in [1.29, 1.82) is 0 Å². The van der Waals surface area contributed by atoms with Crippen molar-refractivity contribution in [3.8, 4) is 0 Å². The van der Waals surface area contributed by atoms with Crippen LogP contribution in [0.25, 0.3) is 0 Å². The molecule has 5 nitrogen and oxygen atoms in total. The zero-order chi connectivity index (χ0) is 13.2. The molecule has 17 heavy (non-hydrogen) atoms. The number of nitrogens with one attached hydrogen (secondary N) is 1. The maximum absolute atomic E-state index is 11.9. The van der Waals surface area contributed by atoms with Gasteiger partial charge in [-0.2, -0.15) is 0 Å². The Morgan fingerprint density at radius 3 is 2.59 bits per heavy atom. The summed E-state index contributed by atoms with van der Waals surface area (Å²) in [7, 11) is 0. The van der Waals surface area contributed by atoms with Gasteiger partial charge in [-0.1, -0.05) is 5.16 Å². The molecule has 1 aromatic heterocycles. The summed E-state index contributed by atoms with van der Waals surface area (Å²) in [6.07, 6.45) is 0. The average Bonchev–Trinajstić information content (AvgIpc) is 2.57. The summed E-state index contributed by atoms with van der Waals surface area (Å²) >= 11 is 7.91. The van der Waals surface area contributed by atoms with E-state index in [0.717, 1.165) is 8.26 Å². The molecule has 0 aliphatic carbocycles. The summed E-state index contributed by atoms with van der Waals surface area (Å²) in [5, 5.41) is 14.2. The minimum absolute atomic E-state index is 0.0551. The summed E-state index contributed by atoms with van der Waals surface area (Å²) in [5.41, 5.74) is 4.57. The van der Waals surface area contributed by atoms with E-state index in [1.54, 1.807) is 19.9 Å². The van der Waals surface area contributed by atoms with E-state index >= 15 is 0 Å². The first kappa shape index (κ1) is 14.5. The van der Waals surface area contributed by atoms with E-state index in [1.807, 2.05) is 0 Å². The molecular formula is C9H11Br2N3O2S. The maximum atomic E-state index is 11.9. The van der Waals surface area contributed by atoms with Crippen LogP contribution in [-0.2, 0) is 0 Å². The normalized spacial score (nSPS) is 12.6. The molecule has 1 aromatic rings. The molecule has 0 aliphatic heterocycles. The van der Waals surface area contributed by atoms with Gasteiger partial charge in [0.1, 0.15) is 0 Å². The van der Waals surface area contributed by atoms with Crippen molar-refractivity contribution < 1.29 is 10.0 Å². The fourth-order valence-electron chi connectivity index (χ4n) is 0.993. The van der Waals surface area contributed by atoms with E-state index < -0.39 is 5.54 Å². The van der Waals surface area contributed by atoms with E-state index in [2.05, 4.69) is 42.3 Å². The number of hydrogen-bond donors (Lipinski definition) is 3. The smallest absolute Gasteiger partial charge is 0.262 e. The molecule has 0 spiro atoms. The quantitative estimate of drug-likeness (QED) is 0.324. The van der Waals surface area contributed by atoms with Gasteiger partial charge in [-0.15, -0.1) is 11.3 Å². The predicted molar refractivity (Wildman–Crippen MR) is 74.7 cm³/mol. The molecule has 0 saturated heterocycles. The number of halogens is 2. The third-order valence-electron chi connectivity index (χ3n) is 2.04. The van der Waals surface area contributed by atoms with E-state index in [1.165, 1.54) is 11.3 Å². The molecule has 1 heterocycles. The molecule has 0 saturated carbocycles. The number of nitrogens with zero attached hydrogens (tertiary/aromatic N) is 1. The molecular weight excluding hydrogens is 374 g/mol. The number of carbonyl (C=O) groups excluding carboxylic acids is 1. The van der Waals surface area contributed by atoms with Crippen LogP contribution in [0.3, 0.4) is 0 Å². The number of nitrogens with two attached hydrogens (primary N) is 1. The van der Waals surface area contributed by atoms with Gasteiger partial charge in [0.2, 0.25) is 0 Å². The first-order chi connectivity index (χ1) is 7.77. The zero-order valence-corrected chi connectivity index (χ0v) is 13.1. The van der Waals surface area contributed by atoms with Crippen molar-refractivity contribution in [2.75, 3.05) is 0 Å². The number of amidine groups is 1. The molecule has 1 amide bonds. The molecule has 0 fully saturated rings. The minimum atomic E-state index is -0.908. The lowest BCUT2D eigenvalue weighted by atomic mass is 10.0. The van der Waals surface area contributed by atoms with E-state index in [9.17, 15) is 4.79 Å². The molecule has 0 bridgehead atoms. The highest BCUT2D eigenvalue weighted by Crippen LogP contribution is 2.32. The molecule has 94 valence electrons. The Balaban J connectivity index is 2.86. The summed E-state index contributed by atoms with van der Waals surface area (Å²) in [4.78, 5) is 12.4. The fraction of sp³-hybridized carbons (Fsp3) is 0.333. The molecule has 0 atom stereocenters. The van der Waals surface area contributed by atoms with Gasteiger partial charge < -0.3 is 16.3 Å². The number of oxime groups is 1. The monoisotopic (exact) mass is 383 g/mol. The number of hydrogen-bond acceptors (Lipinski definition) is 4. The lowest BCUT2D eigenvalue weighted by molar-refractivity contribution is 0.0935. The summed E-state index contributed by atoms with van der Waals surface area (Å²) in [6.45, 7) is 3.30. The fourth-order valence-corrected chi connectivity index (χ4v) is 2.92. The highest BCUT2D eigenvalue weighted by molar-refractivity contribution is 9.13. The Morgan fingerprint density at radius 1 is 1.59 bits per heavy atom. The molecule has 4 N–H and O–H groups in total. The summed E-state index contributed by atoms with van der Waals surface area (Å²) in [5.74, 6) is -0.335. The lowest BCUT2D eigenvalue weighted by Crippen LogP contribution is -2.53. The standard InChI is InChI=1S/C9H11Br2N3O2S/c1-9(2,8(12)14-16)13-7(15)5-3-4(10)6(11)17-5/h3,16H,1-2H3,(H2,12,14)(H,13,15). The first-order valence-corrected chi connectivity index (χ1v) is 6.93. The van der Waals surface area contributed by atoms with Gasteiger partial charge in [0.25, 0.3) is 5.91 Å². The SMILES string of the molecule is CC(C)(NC(=O)c1cc(Br)c(Br)s1)C(N)=NO. The van der Waals surface area contributed by atoms with Crippen LogP contribution in [0.1, 0.15) is 23.5 Å². The van der Waals surface area contributed by atoms with Gasteiger partial charge in [-0.25, -0.2) is 0 Å². The molecule has 0 aliphatic rings. The van der Waals surface area contributed by atoms with Gasteiger partial charge >= 0.3 is 0 Å². The second-order valence-electron chi connectivity index (χ2n) is 3.80. The third kappa shape index (κ3) is 3.43. The van der Waals surface area contributed by atoms with Crippen LogP contribution in [-0.4, -0.2) is 22.5 Å². The van der Waals surface area contributed by atoms with Crippen molar-refractivity contribution in [1.82, 2.24) is 5.32 Å². The maximum Gasteiger partial charge on any atom is 0.262 e. The second-order valence-corrected chi connectivity index (χ2v) is 7.02. The molecule has 0 aromatic carbocycles. The number of thiophene rings is 1. The number of amides is 1. The van der Waals surface area contributed by atoms with Crippen LogP contribution >= 0.6 is 43.2 Å². The molecule has 0 unspecified atom stereocenters.